The van der Waals surface area contributed by atoms with Gasteiger partial charge in [0.1, 0.15) is 9.77 Å². The number of rotatable bonds is 2. The highest BCUT2D eigenvalue weighted by Crippen LogP contribution is 2.44. The average Bonchev–Trinajstić information content (AvgIpc) is 2.73. The summed E-state index contributed by atoms with van der Waals surface area (Å²) in [5, 5.41) is 0.792. The largest absolute Gasteiger partial charge is 0.426 e. The fraction of sp³-hybridized carbons (Fsp3) is 0.0909. The lowest BCUT2D eigenvalue weighted by Crippen LogP contribution is -2.06. The third kappa shape index (κ3) is 2.80. The Morgan fingerprint density at radius 2 is 1.68 bits per heavy atom. The van der Waals surface area contributed by atoms with Crippen LogP contribution in [-0.2, 0) is 16.3 Å². The van der Waals surface area contributed by atoms with Crippen molar-refractivity contribution < 1.29 is 26.1 Å². The van der Waals surface area contributed by atoms with Gasteiger partial charge in [0, 0.05) is 10.9 Å². The second-order valence-corrected chi connectivity index (χ2v) is 5.91. The maximum Gasteiger partial charge on any atom is 0.426 e. The zero-order chi connectivity index (χ0) is 14.3. The third-order valence-electron chi connectivity index (χ3n) is 2.36. The van der Waals surface area contributed by atoms with E-state index in [1.54, 1.807) is 6.07 Å². The number of alkyl halides is 3. The van der Waals surface area contributed by atoms with E-state index < -0.39 is 31.6 Å². The molecule has 0 amide bonds. The van der Waals surface area contributed by atoms with Crippen LogP contribution in [0.3, 0.4) is 0 Å². The van der Waals surface area contributed by atoms with E-state index in [1.807, 2.05) is 0 Å². The summed E-state index contributed by atoms with van der Waals surface area (Å²) in [5.41, 5.74) is -0.427. The molecule has 0 aliphatic heterocycles. The molecule has 2 rings (SSSR count). The molecule has 0 aliphatic carbocycles. The minimum absolute atomic E-state index is 0.0868. The molecule has 0 atom stereocenters. The molecule has 0 spiro atoms. The molecule has 1 aromatic heterocycles. The molecule has 1 aromatic carbocycles. The van der Waals surface area contributed by atoms with Gasteiger partial charge in [-0.2, -0.15) is 21.6 Å². The van der Waals surface area contributed by atoms with Gasteiger partial charge in [-0.3, -0.25) is 4.55 Å². The van der Waals surface area contributed by atoms with E-state index in [1.165, 1.54) is 24.3 Å². The van der Waals surface area contributed by atoms with Gasteiger partial charge in [-0.15, -0.1) is 11.3 Å². The van der Waals surface area contributed by atoms with Gasteiger partial charge in [-0.05, 0) is 5.56 Å². The van der Waals surface area contributed by atoms with Crippen molar-refractivity contribution in [1.82, 2.24) is 0 Å². The standard InChI is InChI=1S/C11H7F3O3S2/c12-11(13,14)10-9(7-4-2-1-3-5-7)8(6-18-10)19(15,16)17/h1-6H,(H,15,16,17). The Morgan fingerprint density at radius 3 is 2.16 bits per heavy atom. The molecule has 0 saturated heterocycles. The van der Waals surface area contributed by atoms with Gasteiger partial charge < -0.3 is 0 Å². The van der Waals surface area contributed by atoms with Gasteiger partial charge >= 0.3 is 6.18 Å². The van der Waals surface area contributed by atoms with Crippen molar-refractivity contribution >= 4 is 21.5 Å². The van der Waals surface area contributed by atoms with Crippen LogP contribution in [-0.4, -0.2) is 13.0 Å². The van der Waals surface area contributed by atoms with Crippen molar-refractivity contribution in [2.45, 2.75) is 11.1 Å². The van der Waals surface area contributed by atoms with Crippen molar-refractivity contribution in [3.63, 3.8) is 0 Å². The molecular formula is C11H7F3O3S2. The van der Waals surface area contributed by atoms with Gasteiger partial charge in [-0.25, -0.2) is 0 Å². The zero-order valence-corrected chi connectivity index (χ0v) is 10.8. The first-order valence-electron chi connectivity index (χ1n) is 4.93. The highest BCUT2D eigenvalue weighted by atomic mass is 32.2. The van der Waals surface area contributed by atoms with E-state index in [2.05, 4.69) is 0 Å². The van der Waals surface area contributed by atoms with Gasteiger partial charge in [-0.1, -0.05) is 30.3 Å². The Hall–Kier alpha value is -1.38. The minimum Gasteiger partial charge on any atom is -0.282 e. The molecule has 0 radical (unpaired) electrons. The number of thiophene rings is 1. The summed E-state index contributed by atoms with van der Waals surface area (Å²) in [6.45, 7) is 0. The summed E-state index contributed by atoms with van der Waals surface area (Å²) in [6.07, 6.45) is -4.68. The Bertz CT molecular complexity index is 688. The molecule has 3 nitrogen and oxygen atoms in total. The van der Waals surface area contributed by atoms with Crippen LogP contribution in [0, 0.1) is 0 Å². The van der Waals surface area contributed by atoms with Crippen molar-refractivity contribution in [2.24, 2.45) is 0 Å². The highest BCUT2D eigenvalue weighted by molar-refractivity contribution is 7.86. The lowest BCUT2D eigenvalue weighted by molar-refractivity contribution is -0.133. The summed E-state index contributed by atoms with van der Waals surface area (Å²) in [7, 11) is -4.71. The minimum atomic E-state index is -4.71. The monoisotopic (exact) mass is 308 g/mol. The quantitative estimate of drug-likeness (QED) is 0.861. The van der Waals surface area contributed by atoms with E-state index in [0.29, 0.717) is 0 Å². The molecule has 102 valence electrons. The van der Waals surface area contributed by atoms with Crippen LogP contribution < -0.4 is 0 Å². The van der Waals surface area contributed by atoms with Gasteiger partial charge in [0.25, 0.3) is 10.1 Å². The zero-order valence-electron chi connectivity index (χ0n) is 9.18. The third-order valence-corrected chi connectivity index (χ3v) is 4.41. The van der Waals surface area contributed by atoms with Crippen molar-refractivity contribution in [1.29, 1.82) is 0 Å². The fourth-order valence-electron chi connectivity index (χ4n) is 1.62. The molecule has 0 unspecified atom stereocenters. The number of benzene rings is 1. The van der Waals surface area contributed by atoms with Crippen LogP contribution in [0.25, 0.3) is 11.1 Å². The molecule has 2 aromatic rings. The van der Waals surface area contributed by atoms with E-state index >= 15 is 0 Å². The maximum absolute atomic E-state index is 12.9. The summed E-state index contributed by atoms with van der Waals surface area (Å²) in [6, 6.07) is 7.27. The summed E-state index contributed by atoms with van der Waals surface area (Å²) in [4.78, 5) is -1.78. The molecule has 19 heavy (non-hydrogen) atoms. The molecule has 0 fully saturated rings. The first kappa shape index (κ1) is 14.0. The second kappa shape index (κ2) is 4.62. The topological polar surface area (TPSA) is 54.4 Å². The van der Waals surface area contributed by atoms with Crippen molar-refractivity contribution in [2.75, 3.05) is 0 Å². The average molecular weight is 308 g/mol. The Morgan fingerprint density at radius 1 is 1.11 bits per heavy atom. The van der Waals surface area contributed by atoms with Crippen molar-refractivity contribution in [3.8, 4) is 11.1 Å². The second-order valence-electron chi connectivity index (χ2n) is 3.64. The van der Waals surface area contributed by atoms with Crippen molar-refractivity contribution in [3.05, 3.63) is 40.6 Å². The molecule has 0 bridgehead atoms. The van der Waals surface area contributed by atoms with Gasteiger partial charge in [0.15, 0.2) is 0 Å². The molecule has 0 aliphatic rings. The first-order chi connectivity index (χ1) is 8.71. The molecule has 0 saturated carbocycles. The van der Waals surface area contributed by atoms with Crippen LogP contribution in [0.1, 0.15) is 4.88 Å². The van der Waals surface area contributed by atoms with E-state index in [0.717, 1.165) is 5.38 Å². The first-order valence-corrected chi connectivity index (χ1v) is 7.25. The molecule has 1 N–H and O–H groups in total. The Kier molecular flexibility index (Phi) is 3.41. The summed E-state index contributed by atoms with van der Waals surface area (Å²) >= 11 is 0.241. The normalized spacial score (nSPS) is 12.6. The SMILES string of the molecule is O=S(=O)(O)c1csc(C(F)(F)F)c1-c1ccccc1. The fourth-order valence-corrected chi connectivity index (χ4v) is 3.61. The van der Waals surface area contributed by atoms with Crippen LogP contribution in [0.2, 0.25) is 0 Å². The lowest BCUT2D eigenvalue weighted by atomic mass is 10.1. The molecular weight excluding hydrogens is 301 g/mol. The number of halogens is 3. The molecule has 1 heterocycles. The number of hydrogen-bond donors (Lipinski definition) is 1. The number of hydrogen-bond acceptors (Lipinski definition) is 3. The van der Waals surface area contributed by atoms with E-state index in [-0.39, 0.29) is 16.9 Å². The van der Waals surface area contributed by atoms with E-state index in [4.69, 9.17) is 4.55 Å². The van der Waals surface area contributed by atoms with E-state index in [9.17, 15) is 21.6 Å². The Balaban J connectivity index is 2.79. The van der Waals surface area contributed by atoms with Gasteiger partial charge in [0.2, 0.25) is 0 Å². The van der Waals surface area contributed by atoms with Gasteiger partial charge in [0.05, 0.1) is 0 Å². The van der Waals surface area contributed by atoms with Crippen LogP contribution >= 0.6 is 11.3 Å². The predicted octanol–water partition coefficient (Wildman–Crippen LogP) is 3.68. The Labute approximate surface area is 111 Å². The van der Waals surface area contributed by atoms with Crippen LogP contribution in [0.5, 0.6) is 0 Å². The van der Waals surface area contributed by atoms with Crippen LogP contribution in [0.4, 0.5) is 13.2 Å². The highest BCUT2D eigenvalue weighted by Gasteiger charge is 2.38. The predicted molar refractivity (Wildman–Crippen MR) is 64.6 cm³/mol. The molecule has 8 heteroatoms. The van der Waals surface area contributed by atoms with Crippen LogP contribution in [0.15, 0.2) is 40.6 Å². The summed E-state index contributed by atoms with van der Waals surface area (Å²) < 4.78 is 70.0. The smallest absolute Gasteiger partial charge is 0.282 e. The maximum atomic E-state index is 12.9. The summed E-state index contributed by atoms with van der Waals surface area (Å²) in [5.74, 6) is 0. The lowest BCUT2D eigenvalue weighted by Gasteiger charge is -2.09.